The van der Waals surface area contributed by atoms with Gasteiger partial charge in [0.2, 0.25) is 0 Å². The Morgan fingerprint density at radius 3 is 3.06 bits per heavy atom. The van der Waals surface area contributed by atoms with E-state index < -0.39 is 0 Å². The van der Waals surface area contributed by atoms with Gasteiger partial charge in [-0.15, -0.1) is 0 Å². The summed E-state index contributed by atoms with van der Waals surface area (Å²) in [5.41, 5.74) is 1.73. The topological polar surface area (TPSA) is 45.0 Å². The van der Waals surface area contributed by atoms with E-state index in [2.05, 4.69) is 11.4 Å². The summed E-state index contributed by atoms with van der Waals surface area (Å²) < 4.78 is 5.80. The Kier molecular flexibility index (Phi) is 4.60. The van der Waals surface area contributed by atoms with Crippen LogP contribution in [0.2, 0.25) is 0 Å². The van der Waals surface area contributed by atoms with Crippen molar-refractivity contribution in [2.24, 2.45) is 5.92 Å². The normalized spacial score (nSPS) is 19.2. The van der Waals surface area contributed by atoms with Crippen LogP contribution >= 0.6 is 0 Å². The number of nitriles is 1. The Morgan fingerprint density at radius 1 is 1.50 bits per heavy atom. The van der Waals surface area contributed by atoms with Crippen LogP contribution in [0.5, 0.6) is 5.75 Å². The molecule has 1 atom stereocenters. The second-order valence-electron chi connectivity index (χ2n) is 4.94. The molecule has 1 aliphatic rings. The number of nitrogens with one attached hydrogen (secondary N) is 1. The van der Waals surface area contributed by atoms with Crippen molar-refractivity contribution < 1.29 is 4.74 Å². The third-order valence-electron chi connectivity index (χ3n) is 3.49. The van der Waals surface area contributed by atoms with Gasteiger partial charge < -0.3 is 10.1 Å². The molecule has 0 amide bonds. The van der Waals surface area contributed by atoms with Crippen LogP contribution < -0.4 is 10.1 Å². The van der Waals surface area contributed by atoms with Crippen molar-refractivity contribution in [3.8, 4) is 11.8 Å². The third-order valence-corrected chi connectivity index (χ3v) is 3.49. The number of hydrogen-bond donors (Lipinski definition) is 1. The fourth-order valence-electron chi connectivity index (χ4n) is 2.39. The molecule has 0 saturated carbocycles. The molecular weight excluding hydrogens is 224 g/mol. The zero-order valence-corrected chi connectivity index (χ0v) is 10.9. The molecule has 1 aliphatic heterocycles. The molecule has 2 rings (SSSR count). The quantitative estimate of drug-likeness (QED) is 0.885. The number of piperidine rings is 1. The van der Waals surface area contributed by atoms with Crippen LogP contribution in [0.1, 0.15) is 30.4 Å². The molecule has 0 aromatic heterocycles. The molecule has 1 saturated heterocycles. The SMILES string of the molecule is Cc1cc(C#N)ccc1OCCC1CCCNC1. The van der Waals surface area contributed by atoms with E-state index in [0.717, 1.165) is 43.3 Å². The molecule has 3 nitrogen and oxygen atoms in total. The Bertz CT molecular complexity index is 431. The van der Waals surface area contributed by atoms with E-state index in [1.807, 2.05) is 25.1 Å². The minimum absolute atomic E-state index is 0.691. The smallest absolute Gasteiger partial charge is 0.122 e. The van der Waals surface area contributed by atoms with E-state index in [0.29, 0.717) is 5.56 Å². The van der Waals surface area contributed by atoms with Gasteiger partial charge in [-0.2, -0.15) is 5.26 Å². The number of rotatable bonds is 4. The average Bonchev–Trinajstić information content (AvgIpc) is 2.42. The first-order valence-electron chi connectivity index (χ1n) is 6.64. The zero-order chi connectivity index (χ0) is 12.8. The molecule has 0 bridgehead atoms. The molecule has 1 heterocycles. The monoisotopic (exact) mass is 244 g/mol. The van der Waals surface area contributed by atoms with Gasteiger partial charge in [-0.25, -0.2) is 0 Å². The van der Waals surface area contributed by atoms with E-state index in [1.165, 1.54) is 12.8 Å². The summed E-state index contributed by atoms with van der Waals surface area (Å²) in [6.07, 6.45) is 3.69. The second kappa shape index (κ2) is 6.42. The van der Waals surface area contributed by atoms with Crippen molar-refractivity contribution in [3.05, 3.63) is 29.3 Å². The van der Waals surface area contributed by atoms with Crippen LogP contribution in [-0.2, 0) is 0 Å². The summed E-state index contributed by atoms with van der Waals surface area (Å²) in [6.45, 7) is 5.03. The van der Waals surface area contributed by atoms with Crippen molar-refractivity contribution in [3.63, 3.8) is 0 Å². The largest absolute Gasteiger partial charge is 0.493 e. The van der Waals surface area contributed by atoms with Gasteiger partial charge in [0.25, 0.3) is 0 Å². The van der Waals surface area contributed by atoms with E-state index >= 15 is 0 Å². The number of nitrogens with zero attached hydrogens (tertiary/aromatic N) is 1. The fourth-order valence-corrected chi connectivity index (χ4v) is 2.39. The van der Waals surface area contributed by atoms with Crippen molar-refractivity contribution in [1.82, 2.24) is 5.32 Å². The molecule has 0 radical (unpaired) electrons. The van der Waals surface area contributed by atoms with E-state index in [9.17, 15) is 0 Å². The second-order valence-corrected chi connectivity index (χ2v) is 4.94. The van der Waals surface area contributed by atoms with E-state index in [4.69, 9.17) is 10.00 Å². The Hall–Kier alpha value is -1.53. The Labute approximate surface area is 109 Å². The highest BCUT2D eigenvalue weighted by atomic mass is 16.5. The van der Waals surface area contributed by atoms with Crippen LogP contribution in [0.15, 0.2) is 18.2 Å². The number of hydrogen-bond acceptors (Lipinski definition) is 3. The molecule has 1 aromatic carbocycles. The molecule has 0 aliphatic carbocycles. The standard InChI is InChI=1S/C15H20N2O/c1-12-9-14(10-16)4-5-15(12)18-8-6-13-3-2-7-17-11-13/h4-5,9,13,17H,2-3,6-8,11H2,1H3. The molecule has 3 heteroatoms. The number of aryl methyl sites for hydroxylation is 1. The Balaban J connectivity index is 1.81. The summed E-state index contributed by atoms with van der Waals surface area (Å²) in [5.74, 6) is 1.65. The molecule has 96 valence electrons. The highest BCUT2D eigenvalue weighted by Gasteiger charge is 2.12. The van der Waals surface area contributed by atoms with E-state index in [1.54, 1.807) is 0 Å². The van der Waals surface area contributed by atoms with Crippen LogP contribution in [-0.4, -0.2) is 19.7 Å². The van der Waals surface area contributed by atoms with Gasteiger partial charge in [-0.05, 0) is 69.0 Å². The lowest BCUT2D eigenvalue weighted by Gasteiger charge is -2.22. The van der Waals surface area contributed by atoms with Gasteiger partial charge in [0.15, 0.2) is 0 Å². The molecule has 18 heavy (non-hydrogen) atoms. The summed E-state index contributed by atoms with van der Waals surface area (Å²) in [4.78, 5) is 0. The first-order chi connectivity index (χ1) is 8.79. The van der Waals surface area contributed by atoms with Crippen molar-refractivity contribution in [2.45, 2.75) is 26.2 Å². The lowest BCUT2D eigenvalue weighted by Crippen LogP contribution is -2.30. The first-order valence-corrected chi connectivity index (χ1v) is 6.64. The van der Waals surface area contributed by atoms with Gasteiger partial charge in [0, 0.05) is 0 Å². The van der Waals surface area contributed by atoms with Gasteiger partial charge in [0.1, 0.15) is 5.75 Å². The molecular formula is C15H20N2O. The minimum Gasteiger partial charge on any atom is -0.493 e. The Morgan fingerprint density at radius 2 is 2.39 bits per heavy atom. The van der Waals surface area contributed by atoms with Gasteiger partial charge in [-0.1, -0.05) is 0 Å². The first kappa shape index (κ1) is 12.9. The summed E-state index contributed by atoms with van der Waals surface area (Å²) >= 11 is 0. The highest BCUT2D eigenvalue weighted by Crippen LogP contribution is 2.20. The molecule has 1 fully saturated rings. The maximum Gasteiger partial charge on any atom is 0.122 e. The third kappa shape index (κ3) is 3.48. The van der Waals surface area contributed by atoms with Crippen LogP contribution in [0.25, 0.3) is 0 Å². The maximum absolute atomic E-state index is 8.80. The zero-order valence-electron chi connectivity index (χ0n) is 10.9. The average molecular weight is 244 g/mol. The van der Waals surface area contributed by atoms with E-state index in [-0.39, 0.29) is 0 Å². The summed E-state index contributed by atoms with van der Waals surface area (Å²) in [6, 6.07) is 7.72. The van der Waals surface area contributed by atoms with Crippen molar-refractivity contribution in [1.29, 1.82) is 5.26 Å². The summed E-state index contributed by atoms with van der Waals surface area (Å²) in [7, 11) is 0. The number of ether oxygens (including phenoxy) is 1. The molecule has 1 unspecified atom stereocenters. The maximum atomic E-state index is 8.80. The van der Waals surface area contributed by atoms with Crippen molar-refractivity contribution >= 4 is 0 Å². The summed E-state index contributed by atoms with van der Waals surface area (Å²) in [5, 5.41) is 12.2. The van der Waals surface area contributed by atoms with Gasteiger partial charge in [0.05, 0.1) is 18.2 Å². The highest BCUT2D eigenvalue weighted by molar-refractivity contribution is 5.41. The molecule has 0 spiro atoms. The van der Waals surface area contributed by atoms with Gasteiger partial charge in [-0.3, -0.25) is 0 Å². The molecule has 1 aromatic rings. The lowest BCUT2D eigenvalue weighted by atomic mass is 9.97. The minimum atomic E-state index is 0.691. The van der Waals surface area contributed by atoms with Crippen LogP contribution in [0, 0.1) is 24.2 Å². The van der Waals surface area contributed by atoms with Crippen LogP contribution in [0.4, 0.5) is 0 Å². The van der Waals surface area contributed by atoms with Crippen molar-refractivity contribution in [2.75, 3.05) is 19.7 Å². The fraction of sp³-hybridized carbons (Fsp3) is 0.533. The van der Waals surface area contributed by atoms with Gasteiger partial charge >= 0.3 is 0 Å². The predicted octanol–water partition coefficient (Wildman–Crippen LogP) is 2.64. The van der Waals surface area contributed by atoms with Crippen LogP contribution in [0.3, 0.4) is 0 Å². The predicted molar refractivity (Wildman–Crippen MR) is 71.6 cm³/mol. The number of benzene rings is 1. The molecule has 1 N–H and O–H groups in total. The lowest BCUT2D eigenvalue weighted by molar-refractivity contribution is 0.253.